The van der Waals surface area contributed by atoms with E-state index in [1.54, 1.807) is 24.0 Å². The van der Waals surface area contributed by atoms with Crippen molar-refractivity contribution in [3.05, 3.63) is 82.8 Å². The lowest BCUT2D eigenvalue weighted by atomic mass is 10.2. The molecule has 0 fully saturated rings. The predicted octanol–water partition coefficient (Wildman–Crippen LogP) is 4.84. The third-order valence-electron chi connectivity index (χ3n) is 4.08. The normalized spacial score (nSPS) is 10.5. The van der Waals surface area contributed by atoms with Gasteiger partial charge in [0.2, 0.25) is 0 Å². The van der Waals surface area contributed by atoms with E-state index in [2.05, 4.69) is 15.3 Å². The van der Waals surface area contributed by atoms with Crippen molar-refractivity contribution in [2.24, 2.45) is 0 Å². The number of benzene rings is 2. The molecule has 0 saturated carbocycles. The monoisotopic (exact) mass is 380 g/mol. The second-order valence-electron chi connectivity index (χ2n) is 6.10. The molecule has 0 atom stereocenters. The molecule has 1 aromatic heterocycles. The third kappa shape index (κ3) is 4.83. The molecule has 3 rings (SSSR count). The quantitative estimate of drug-likeness (QED) is 0.664. The van der Waals surface area contributed by atoms with E-state index in [1.807, 2.05) is 55.5 Å². The van der Waals surface area contributed by atoms with Crippen LogP contribution < -0.4 is 5.32 Å². The summed E-state index contributed by atoms with van der Waals surface area (Å²) in [5.41, 5.74) is 2.16. The third-order valence-corrected chi connectivity index (χ3v) is 4.41. The van der Waals surface area contributed by atoms with Crippen molar-refractivity contribution in [1.29, 1.82) is 0 Å². The smallest absolute Gasteiger partial charge is 0.272 e. The first-order valence-corrected chi connectivity index (χ1v) is 9.15. The van der Waals surface area contributed by atoms with Gasteiger partial charge in [-0.3, -0.25) is 4.79 Å². The van der Waals surface area contributed by atoms with E-state index in [9.17, 15) is 4.79 Å². The number of halogens is 1. The lowest BCUT2D eigenvalue weighted by Crippen LogP contribution is -2.31. The van der Waals surface area contributed by atoms with E-state index < -0.39 is 0 Å². The van der Waals surface area contributed by atoms with Crippen LogP contribution in [0.2, 0.25) is 5.02 Å². The molecule has 1 N–H and O–H groups in total. The number of nitrogens with zero attached hydrogens (tertiary/aromatic N) is 3. The van der Waals surface area contributed by atoms with Gasteiger partial charge in [0, 0.05) is 19.2 Å². The van der Waals surface area contributed by atoms with Crippen LogP contribution >= 0.6 is 11.6 Å². The first-order chi connectivity index (χ1) is 13.1. The zero-order valence-electron chi connectivity index (χ0n) is 15.3. The topological polar surface area (TPSA) is 58.1 Å². The molecule has 0 saturated heterocycles. The molecule has 2 aromatic carbocycles. The summed E-state index contributed by atoms with van der Waals surface area (Å²) < 4.78 is 0. The molecule has 0 bridgehead atoms. The fraction of sp³-hybridized carbons (Fsp3) is 0.190. The molecule has 0 aliphatic rings. The fourth-order valence-electron chi connectivity index (χ4n) is 2.73. The van der Waals surface area contributed by atoms with Gasteiger partial charge in [0.25, 0.3) is 5.91 Å². The average Bonchev–Trinajstić information content (AvgIpc) is 2.68. The molecule has 1 amide bonds. The number of hydrogen-bond acceptors (Lipinski definition) is 4. The highest BCUT2D eigenvalue weighted by molar-refractivity contribution is 6.33. The minimum atomic E-state index is -0.130. The Balaban J connectivity index is 1.83. The van der Waals surface area contributed by atoms with Crippen molar-refractivity contribution in [1.82, 2.24) is 14.9 Å². The SMILES string of the molecule is CCN(Cc1ccccc1)C(=O)c1cc(Nc2ccccc2Cl)nc(C)n1. The summed E-state index contributed by atoms with van der Waals surface area (Å²) in [6.45, 7) is 4.84. The fourth-order valence-corrected chi connectivity index (χ4v) is 2.92. The molecular formula is C21H21ClN4O. The van der Waals surface area contributed by atoms with Crippen LogP contribution in [0, 0.1) is 6.92 Å². The second kappa shape index (κ2) is 8.64. The lowest BCUT2D eigenvalue weighted by Gasteiger charge is -2.21. The van der Waals surface area contributed by atoms with E-state index >= 15 is 0 Å². The summed E-state index contributed by atoms with van der Waals surface area (Å²) in [5.74, 6) is 0.926. The van der Waals surface area contributed by atoms with Gasteiger partial charge in [-0.15, -0.1) is 0 Å². The molecule has 1 heterocycles. The molecule has 0 radical (unpaired) electrons. The highest BCUT2D eigenvalue weighted by atomic mass is 35.5. The van der Waals surface area contributed by atoms with Gasteiger partial charge in [0.1, 0.15) is 17.3 Å². The van der Waals surface area contributed by atoms with E-state index in [1.165, 1.54) is 0 Å². The Hall–Kier alpha value is -2.92. The van der Waals surface area contributed by atoms with Crippen molar-refractivity contribution >= 4 is 29.0 Å². The number of aromatic nitrogens is 2. The first kappa shape index (κ1) is 18.9. The average molecular weight is 381 g/mol. The minimum absolute atomic E-state index is 0.130. The van der Waals surface area contributed by atoms with E-state index in [-0.39, 0.29) is 5.91 Å². The zero-order chi connectivity index (χ0) is 19.2. The van der Waals surface area contributed by atoms with Crippen molar-refractivity contribution in [2.75, 3.05) is 11.9 Å². The van der Waals surface area contributed by atoms with Gasteiger partial charge in [-0.2, -0.15) is 0 Å². The number of hydrogen-bond donors (Lipinski definition) is 1. The molecule has 5 nitrogen and oxygen atoms in total. The van der Waals surface area contributed by atoms with Gasteiger partial charge >= 0.3 is 0 Å². The highest BCUT2D eigenvalue weighted by Crippen LogP contribution is 2.24. The maximum Gasteiger partial charge on any atom is 0.272 e. The van der Waals surface area contributed by atoms with Crippen LogP contribution in [0.1, 0.15) is 28.8 Å². The summed E-state index contributed by atoms with van der Waals surface area (Å²) >= 11 is 6.20. The molecule has 0 aliphatic carbocycles. The van der Waals surface area contributed by atoms with Gasteiger partial charge in [0.15, 0.2) is 0 Å². The molecule has 3 aromatic rings. The van der Waals surface area contributed by atoms with Crippen LogP contribution in [-0.2, 0) is 6.54 Å². The van der Waals surface area contributed by atoms with Crippen LogP contribution in [0.15, 0.2) is 60.7 Å². The number of rotatable bonds is 6. The Morgan fingerprint density at radius 3 is 2.48 bits per heavy atom. The summed E-state index contributed by atoms with van der Waals surface area (Å²) in [7, 11) is 0. The van der Waals surface area contributed by atoms with Gasteiger partial charge in [-0.1, -0.05) is 54.1 Å². The Morgan fingerprint density at radius 1 is 1.07 bits per heavy atom. The van der Waals surface area contributed by atoms with E-state index in [0.29, 0.717) is 35.4 Å². The maximum atomic E-state index is 13.0. The summed E-state index contributed by atoms with van der Waals surface area (Å²) in [4.78, 5) is 23.4. The first-order valence-electron chi connectivity index (χ1n) is 8.77. The Morgan fingerprint density at radius 2 is 1.78 bits per heavy atom. The largest absolute Gasteiger partial charge is 0.339 e. The van der Waals surface area contributed by atoms with Crippen molar-refractivity contribution in [3.63, 3.8) is 0 Å². The number of amides is 1. The van der Waals surface area contributed by atoms with Crippen molar-refractivity contribution in [3.8, 4) is 0 Å². The Bertz CT molecular complexity index is 930. The Labute approximate surface area is 164 Å². The molecule has 0 aliphatic heterocycles. The summed E-state index contributed by atoms with van der Waals surface area (Å²) in [6.07, 6.45) is 0. The number of carbonyl (C=O) groups excluding carboxylic acids is 1. The second-order valence-corrected chi connectivity index (χ2v) is 6.50. The number of anilines is 2. The van der Waals surface area contributed by atoms with Crippen molar-refractivity contribution < 1.29 is 4.79 Å². The van der Waals surface area contributed by atoms with Gasteiger partial charge in [0.05, 0.1) is 10.7 Å². The molecule has 0 unspecified atom stereocenters. The van der Waals surface area contributed by atoms with Crippen LogP contribution in [0.25, 0.3) is 0 Å². The number of carbonyl (C=O) groups is 1. The van der Waals surface area contributed by atoms with Gasteiger partial charge < -0.3 is 10.2 Å². The number of aryl methyl sites for hydroxylation is 1. The number of para-hydroxylation sites is 1. The molecule has 0 spiro atoms. The van der Waals surface area contributed by atoms with Crippen LogP contribution in [0.3, 0.4) is 0 Å². The van der Waals surface area contributed by atoms with Crippen molar-refractivity contribution in [2.45, 2.75) is 20.4 Å². The maximum absolute atomic E-state index is 13.0. The number of nitrogens with one attached hydrogen (secondary N) is 1. The Kier molecular flexibility index (Phi) is 6.04. The molecule has 138 valence electrons. The molecule has 27 heavy (non-hydrogen) atoms. The summed E-state index contributed by atoms with van der Waals surface area (Å²) in [5, 5.41) is 3.75. The minimum Gasteiger partial charge on any atom is -0.339 e. The van der Waals surface area contributed by atoms with E-state index in [0.717, 1.165) is 11.3 Å². The van der Waals surface area contributed by atoms with Crippen LogP contribution in [0.4, 0.5) is 11.5 Å². The lowest BCUT2D eigenvalue weighted by molar-refractivity contribution is 0.0746. The molecule has 6 heteroatoms. The predicted molar refractivity (Wildman–Crippen MR) is 108 cm³/mol. The van der Waals surface area contributed by atoms with Crippen LogP contribution in [0.5, 0.6) is 0 Å². The van der Waals surface area contributed by atoms with E-state index in [4.69, 9.17) is 11.6 Å². The van der Waals surface area contributed by atoms with Crippen LogP contribution in [-0.4, -0.2) is 27.3 Å². The zero-order valence-corrected chi connectivity index (χ0v) is 16.1. The summed E-state index contributed by atoms with van der Waals surface area (Å²) in [6, 6.07) is 19.0. The van der Waals surface area contributed by atoms with Gasteiger partial charge in [-0.05, 0) is 31.5 Å². The van der Waals surface area contributed by atoms with Gasteiger partial charge in [-0.25, -0.2) is 9.97 Å². The standard InChI is InChI=1S/C21H21ClN4O/c1-3-26(14-16-9-5-4-6-10-16)21(27)19-13-20(24-15(2)23-19)25-18-12-8-7-11-17(18)22/h4-13H,3,14H2,1-2H3,(H,23,24,25). The molecular weight excluding hydrogens is 360 g/mol. The highest BCUT2D eigenvalue weighted by Gasteiger charge is 2.18.